The van der Waals surface area contributed by atoms with Crippen LogP contribution in [0.1, 0.15) is 33.6 Å². The number of anilines is 1. The van der Waals surface area contributed by atoms with Crippen molar-refractivity contribution in [3.63, 3.8) is 0 Å². The van der Waals surface area contributed by atoms with Gasteiger partial charge in [0.05, 0.1) is 6.10 Å². The van der Waals surface area contributed by atoms with E-state index in [0.717, 1.165) is 30.8 Å². The Balaban J connectivity index is 2.49. The summed E-state index contributed by atoms with van der Waals surface area (Å²) in [5.41, 5.74) is 1.09. The summed E-state index contributed by atoms with van der Waals surface area (Å²) in [6.45, 7) is 6.93. The van der Waals surface area contributed by atoms with Crippen LogP contribution in [0.4, 0.5) is 5.69 Å². The van der Waals surface area contributed by atoms with Crippen molar-refractivity contribution in [1.82, 2.24) is 0 Å². The van der Waals surface area contributed by atoms with Gasteiger partial charge in [0.25, 0.3) is 0 Å². The molecule has 1 rings (SSSR count). The molecule has 0 spiro atoms. The Morgan fingerprint density at radius 2 is 2.24 bits per heavy atom. The smallest absolute Gasteiger partial charge is 0.121 e. The fourth-order valence-electron chi connectivity index (χ4n) is 1.39. The summed E-state index contributed by atoms with van der Waals surface area (Å²) in [6, 6.07) is 8.07. The molecule has 1 unspecified atom stereocenters. The third-order valence-corrected chi connectivity index (χ3v) is 2.50. The summed E-state index contributed by atoms with van der Waals surface area (Å²) in [6.07, 6.45) is 2.15. The molecule has 0 fully saturated rings. The highest BCUT2D eigenvalue weighted by Gasteiger charge is 2.01. The molecule has 0 heterocycles. The zero-order chi connectivity index (χ0) is 12.5. The number of ether oxygens (including phenoxy) is 1. The van der Waals surface area contributed by atoms with Crippen LogP contribution in [0, 0.1) is 11.8 Å². The number of hydrogen-bond acceptors (Lipinski definition) is 2. The molecule has 1 aromatic carbocycles. The SMILES string of the molecule is CC#CCCNc1cccc(OC(C)CC)c1. The van der Waals surface area contributed by atoms with Crippen molar-refractivity contribution in [3.05, 3.63) is 24.3 Å². The molecular weight excluding hydrogens is 210 g/mol. The van der Waals surface area contributed by atoms with Gasteiger partial charge in [0.15, 0.2) is 0 Å². The summed E-state index contributed by atoms with van der Waals surface area (Å²) in [5, 5.41) is 3.33. The van der Waals surface area contributed by atoms with Gasteiger partial charge in [-0.3, -0.25) is 0 Å². The quantitative estimate of drug-likeness (QED) is 0.595. The zero-order valence-corrected chi connectivity index (χ0v) is 10.9. The van der Waals surface area contributed by atoms with Crippen LogP contribution in [0.25, 0.3) is 0 Å². The second-order valence-electron chi connectivity index (χ2n) is 3.97. The molecule has 0 bridgehead atoms. The van der Waals surface area contributed by atoms with Crippen molar-refractivity contribution in [2.75, 3.05) is 11.9 Å². The van der Waals surface area contributed by atoms with E-state index in [4.69, 9.17) is 4.74 Å². The van der Waals surface area contributed by atoms with Crippen LogP contribution < -0.4 is 10.1 Å². The number of nitrogens with one attached hydrogen (secondary N) is 1. The van der Waals surface area contributed by atoms with Crippen LogP contribution in [0.2, 0.25) is 0 Å². The van der Waals surface area contributed by atoms with Crippen LogP contribution in [0.3, 0.4) is 0 Å². The lowest BCUT2D eigenvalue weighted by molar-refractivity contribution is 0.217. The maximum Gasteiger partial charge on any atom is 0.121 e. The zero-order valence-electron chi connectivity index (χ0n) is 10.9. The molecule has 17 heavy (non-hydrogen) atoms. The van der Waals surface area contributed by atoms with Crippen molar-refractivity contribution in [2.45, 2.75) is 39.7 Å². The summed E-state index contributed by atoms with van der Waals surface area (Å²) in [5.74, 6) is 6.84. The highest BCUT2D eigenvalue weighted by molar-refractivity contribution is 5.48. The Morgan fingerprint density at radius 1 is 1.41 bits per heavy atom. The summed E-state index contributed by atoms with van der Waals surface area (Å²) < 4.78 is 5.76. The van der Waals surface area contributed by atoms with Gasteiger partial charge in [-0.2, -0.15) is 0 Å². The molecule has 2 nitrogen and oxygen atoms in total. The number of benzene rings is 1. The number of rotatable bonds is 6. The Bertz CT molecular complexity index is 389. The first kappa shape index (κ1) is 13.4. The van der Waals surface area contributed by atoms with Gasteiger partial charge in [0.1, 0.15) is 5.75 Å². The van der Waals surface area contributed by atoms with E-state index >= 15 is 0 Å². The second kappa shape index (κ2) is 7.62. The molecule has 0 saturated carbocycles. The van der Waals surface area contributed by atoms with E-state index in [1.165, 1.54) is 0 Å². The van der Waals surface area contributed by atoms with Crippen molar-refractivity contribution < 1.29 is 4.74 Å². The highest BCUT2D eigenvalue weighted by atomic mass is 16.5. The maximum absolute atomic E-state index is 5.76. The monoisotopic (exact) mass is 231 g/mol. The van der Waals surface area contributed by atoms with Crippen molar-refractivity contribution >= 4 is 5.69 Å². The molecule has 0 aliphatic heterocycles. The van der Waals surface area contributed by atoms with Crippen LogP contribution in [0.15, 0.2) is 24.3 Å². The highest BCUT2D eigenvalue weighted by Crippen LogP contribution is 2.19. The van der Waals surface area contributed by atoms with Crippen molar-refractivity contribution in [1.29, 1.82) is 0 Å². The minimum absolute atomic E-state index is 0.260. The molecule has 0 aliphatic rings. The average Bonchev–Trinajstić information content (AvgIpc) is 2.35. The Morgan fingerprint density at radius 3 is 2.94 bits per heavy atom. The van der Waals surface area contributed by atoms with E-state index in [1.54, 1.807) is 0 Å². The van der Waals surface area contributed by atoms with Crippen molar-refractivity contribution in [3.8, 4) is 17.6 Å². The van der Waals surface area contributed by atoms with Crippen LogP contribution in [-0.2, 0) is 0 Å². The molecule has 1 atom stereocenters. The Hall–Kier alpha value is -1.62. The molecule has 1 N–H and O–H groups in total. The molecule has 2 heteroatoms. The van der Waals surface area contributed by atoms with E-state index in [1.807, 2.05) is 31.2 Å². The predicted molar refractivity (Wildman–Crippen MR) is 73.4 cm³/mol. The summed E-state index contributed by atoms with van der Waals surface area (Å²) in [4.78, 5) is 0. The normalized spacial score (nSPS) is 11.2. The van der Waals surface area contributed by atoms with Crippen LogP contribution in [0.5, 0.6) is 5.75 Å². The van der Waals surface area contributed by atoms with Crippen LogP contribution >= 0.6 is 0 Å². The molecule has 0 amide bonds. The molecule has 0 aromatic heterocycles. The Kier molecular flexibility index (Phi) is 6.03. The largest absolute Gasteiger partial charge is 0.491 e. The molecule has 92 valence electrons. The summed E-state index contributed by atoms with van der Waals surface area (Å²) >= 11 is 0. The third kappa shape index (κ3) is 5.31. The van der Waals surface area contributed by atoms with Crippen LogP contribution in [-0.4, -0.2) is 12.6 Å². The van der Waals surface area contributed by atoms with Gasteiger partial charge in [-0.05, 0) is 32.4 Å². The van der Waals surface area contributed by atoms with E-state index in [-0.39, 0.29) is 6.10 Å². The van der Waals surface area contributed by atoms with Crippen molar-refractivity contribution in [2.24, 2.45) is 0 Å². The van der Waals surface area contributed by atoms with E-state index in [2.05, 4.69) is 31.0 Å². The lowest BCUT2D eigenvalue weighted by Crippen LogP contribution is -2.10. The standard InChI is InChI=1S/C15H21NO/c1-4-6-7-11-16-14-9-8-10-15(12-14)17-13(3)5-2/h8-10,12-13,16H,5,7,11H2,1-3H3. The summed E-state index contributed by atoms with van der Waals surface area (Å²) in [7, 11) is 0. The first-order chi connectivity index (χ1) is 8.26. The molecule has 1 aromatic rings. The first-order valence-corrected chi connectivity index (χ1v) is 6.16. The first-order valence-electron chi connectivity index (χ1n) is 6.16. The molecule has 0 aliphatic carbocycles. The van der Waals surface area contributed by atoms with E-state index < -0.39 is 0 Å². The third-order valence-electron chi connectivity index (χ3n) is 2.50. The topological polar surface area (TPSA) is 21.3 Å². The van der Waals surface area contributed by atoms with Gasteiger partial charge in [-0.1, -0.05) is 13.0 Å². The fourth-order valence-corrected chi connectivity index (χ4v) is 1.39. The fraction of sp³-hybridized carbons (Fsp3) is 0.467. The van der Waals surface area contributed by atoms with Gasteiger partial charge in [0.2, 0.25) is 0 Å². The molecular formula is C15H21NO. The van der Waals surface area contributed by atoms with Gasteiger partial charge >= 0.3 is 0 Å². The van der Waals surface area contributed by atoms with Gasteiger partial charge < -0.3 is 10.1 Å². The average molecular weight is 231 g/mol. The molecule has 0 saturated heterocycles. The lowest BCUT2D eigenvalue weighted by Gasteiger charge is -2.13. The maximum atomic E-state index is 5.76. The predicted octanol–water partition coefficient (Wildman–Crippen LogP) is 3.69. The number of hydrogen-bond donors (Lipinski definition) is 1. The minimum atomic E-state index is 0.260. The van der Waals surface area contributed by atoms with Gasteiger partial charge in [-0.25, -0.2) is 0 Å². The second-order valence-corrected chi connectivity index (χ2v) is 3.97. The Labute approximate surface area is 104 Å². The van der Waals surface area contributed by atoms with E-state index in [9.17, 15) is 0 Å². The van der Waals surface area contributed by atoms with Gasteiger partial charge in [0, 0.05) is 24.7 Å². The molecule has 0 radical (unpaired) electrons. The van der Waals surface area contributed by atoms with Gasteiger partial charge in [-0.15, -0.1) is 11.8 Å². The minimum Gasteiger partial charge on any atom is -0.491 e. The lowest BCUT2D eigenvalue weighted by atomic mass is 10.2. The van der Waals surface area contributed by atoms with E-state index in [0.29, 0.717) is 0 Å².